The molecule has 114 valence electrons. The van der Waals surface area contributed by atoms with Gasteiger partial charge in [0, 0.05) is 17.3 Å². The summed E-state index contributed by atoms with van der Waals surface area (Å²) < 4.78 is 0. The van der Waals surface area contributed by atoms with E-state index in [1.54, 1.807) is 6.20 Å². The molecular formula is C17H20N4S. The van der Waals surface area contributed by atoms with E-state index in [-0.39, 0.29) is 0 Å². The minimum atomic E-state index is 0.610. The van der Waals surface area contributed by atoms with Gasteiger partial charge in [-0.05, 0) is 43.0 Å². The van der Waals surface area contributed by atoms with Gasteiger partial charge in [0.2, 0.25) is 0 Å². The molecule has 0 unspecified atom stereocenters. The molecule has 0 fully saturated rings. The fourth-order valence-electron chi connectivity index (χ4n) is 2.49. The first kappa shape index (κ1) is 14.8. The third kappa shape index (κ3) is 3.04. The molecule has 0 radical (unpaired) electrons. The Morgan fingerprint density at radius 2 is 2.05 bits per heavy atom. The van der Waals surface area contributed by atoms with Crippen LogP contribution in [0.15, 0.2) is 30.6 Å². The summed E-state index contributed by atoms with van der Waals surface area (Å²) in [5.41, 5.74) is 10.2. The van der Waals surface area contributed by atoms with Crippen LogP contribution in [0.2, 0.25) is 0 Å². The number of thiophene rings is 1. The minimum absolute atomic E-state index is 0.610. The second-order valence-electron chi connectivity index (χ2n) is 5.94. The first-order chi connectivity index (χ1) is 10.5. The van der Waals surface area contributed by atoms with E-state index in [0.29, 0.717) is 5.92 Å². The van der Waals surface area contributed by atoms with Gasteiger partial charge in [0.15, 0.2) is 0 Å². The number of nitrogens with one attached hydrogen (secondary N) is 1. The van der Waals surface area contributed by atoms with E-state index in [0.717, 1.165) is 38.7 Å². The monoisotopic (exact) mass is 312 g/mol. The summed E-state index contributed by atoms with van der Waals surface area (Å²) >= 11 is 1.50. The lowest BCUT2D eigenvalue weighted by atomic mass is 10.1. The second kappa shape index (κ2) is 5.93. The second-order valence-corrected chi connectivity index (χ2v) is 7.00. The van der Waals surface area contributed by atoms with Crippen LogP contribution in [0.3, 0.4) is 0 Å². The molecule has 5 heteroatoms. The number of nitrogen functional groups attached to an aromatic ring is 1. The molecule has 0 saturated carbocycles. The molecule has 0 aliphatic rings. The molecule has 0 saturated heterocycles. The topological polar surface area (TPSA) is 63.8 Å². The molecule has 3 aromatic rings. The number of nitrogens with two attached hydrogens (primary N) is 1. The van der Waals surface area contributed by atoms with Crippen molar-refractivity contribution in [1.29, 1.82) is 0 Å². The van der Waals surface area contributed by atoms with Gasteiger partial charge in [0.05, 0.1) is 22.6 Å². The molecule has 3 aromatic heterocycles. The Labute approximate surface area is 134 Å². The lowest BCUT2D eigenvalue weighted by molar-refractivity contribution is 0.635. The summed E-state index contributed by atoms with van der Waals surface area (Å²) in [6, 6.07) is 6.09. The zero-order chi connectivity index (χ0) is 15.7. The van der Waals surface area contributed by atoms with Gasteiger partial charge >= 0.3 is 0 Å². The summed E-state index contributed by atoms with van der Waals surface area (Å²) in [4.78, 5) is 9.87. The minimum Gasteiger partial charge on any atom is -0.391 e. The van der Waals surface area contributed by atoms with Gasteiger partial charge in [-0.15, -0.1) is 0 Å². The summed E-state index contributed by atoms with van der Waals surface area (Å²) in [7, 11) is 0. The van der Waals surface area contributed by atoms with Gasteiger partial charge in [-0.25, -0.2) is 4.98 Å². The van der Waals surface area contributed by atoms with Crippen LogP contribution < -0.4 is 11.1 Å². The van der Waals surface area contributed by atoms with Gasteiger partial charge in [-0.3, -0.25) is 4.98 Å². The number of pyridine rings is 2. The SMILES string of the molecule is Cc1cc(CC(C)C)ncc1Nc1ccnc2sc(N)cc12. The largest absolute Gasteiger partial charge is 0.391 e. The molecule has 4 nitrogen and oxygen atoms in total. The molecular weight excluding hydrogens is 292 g/mol. The number of aromatic nitrogens is 2. The van der Waals surface area contributed by atoms with E-state index in [1.165, 1.54) is 16.9 Å². The van der Waals surface area contributed by atoms with Crippen LogP contribution >= 0.6 is 11.3 Å². The number of nitrogens with zero attached hydrogens (tertiary/aromatic N) is 2. The summed E-state index contributed by atoms with van der Waals surface area (Å²) in [5, 5.41) is 5.29. The number of hydrogen-bond donors (Lipinski definition) is 2. The smallest absolute Gasteiger partial charge is 0.127 e. The van der Waals surface area contributed by atoms with E-state index >= 15 is 0 Å². The molecule has 0 atom stereocenters. The van der Waals surface area contributed by atoms with Gasteiger partial charge in [-0.1, -0.05) is 25.2 Å². The highest BCUT2D eigenvalue weighted by Crippen LogP contribution is 2.33. The fraction of sp³-hybridized carbons (Fsp3) is 0.294. The highest BCUT2D eigenvalue weighted by Gasteiger charge is 2.08. The highest BCUT2D eigenvalue weighted by molar-refractivity contribution is 7.22. The summed E-state index contributed by atoms with van der Waals surface area (Å²) in [5.74, 6) is 0.610. The van der Waals surface area contributed by atoms with Gasteiger partial charge < -0.3 is 11.1 Å². The van der Waals surface area contributed by atoms with Crippen molar-refractivity contribution in [3.05, 3.63) is 41.9 Å². The predicted octanol–water partition coefficient (Wildman–Crippen LogP) is 4.52. The Bertz CT molecular complexity index is 808. The van der Waals surface area contributed by atoms with Crippen molar-refractivity contribution >= 4 is 37.9 Å². The van der Waals surface area contributed by atoms with Crippen LogP contribution in [0.1, 0.15) is 25.1 Å². The Kier molecular flexibility index (Phi) is 3.98. The number of rotatable bonds is 4. The van der Waals surface area contributed by atoms with Crippen LogP contribution in [-0.2, 0) is 6.42 Å². The van der Waals surface area contributed by atoms with Gasteiger partial charge in [0.25, 0.3) is 0 Å². The normalized spacial score (nSPS) is 11.3. The number of aryl methyl sites for hydroxylation is 1. The third-order valence-corrected chi connectivity index (χ3v) is 4.38. The third-order valence-electron chi connectivity index (χ3n) is 3.51. The van der Waals surface area contributed by atoms with Crippen LogP contribution in [0.4, 0.5) is 16.4 Å². The van der Waals surface area contributed by atoms with Crippen molar-refractivity contribution in [2.24, 2.45) is 5.92 Å². The molecule has 3 heterocycles. The van der Waals surface area contributed by atoms with Gasteiger partial charge in [0.1, 0.15) is 4.83 Å². The van der Waals surface area contributed by atoms with Gasteiger partial charge in [-0.2, -0.15) is 0 Å². The molecule has 0 amide bonds. The lowest BCUT2D eigenvalue weighted by Gasteiger charge is -2.12. The maximum atomic E-state index is 5.89. The van der Waals surface area contributed by atoms with Crippen LogP contribution in [0.25, 0.3) is 10.2 Å². The summed E-state index contributed by atoms with van der Waals surface area (Å²) in [6.45, 7) is 6.52. The number of anilines is 3. The van der Waals surface area contributed by atoms with Crippen molar-refractivity contribution in [2.75, 3.05) is 11.1 Å². The van der Waals surface area contributed by atoms with Crippen molar-refractivity contribution < 1.29 is 0 Å². The van der Waals surface area contributed by atoms with E-state index in [4.69, 9.17) is 5.73 Å². The van der Waals surface area contributed by atoms with Crippen LogP contribution in [-0.4, -0.2) is 9.97 Å². The Morgan fingerprint density at radius 1 is 1.23 bits per heavy atom. The van der Waals surface area contributed by atoms with Crippen molar-refractivity contribution in [3.63, 3.8) is 0 Å². The average molecular weight is 312 g/mol. The molecule has 0 bridgehead atoms. The summed E-state index contributed by atoms with van der Waals surface area (Å²) in [6.07, 6.45) is 4.72. The standard InChI is InChI=1S/C17H20N4S/c1-10(2)6-12-7-11(3)15(9-20-12)21-14-4-5-19-17-13(14)8-16(18)22-17/h4-5,7-10H,6,18H2,1-3H3,(H,19,21). The number of hydrogen-bond acceptors (Lipinski definition) is 5. The maximum Gasteiger partial charge on any atom is 0.127 e. The van der Waals surface area contributed by atoms with Crippen molar-refractivity contribution in [2.45, 2.75) is 27.2 Å². The van der Waals surface area contributed by atoms with E-state index < -0.39 is 0 Å². The van der Waals surface area contributed by atoms with E-state index in [1.807, 2.05) is 18.3 Å². The number of fused-ring (bicyclic) bond motifs is 1. The Balaban J connectivity index is 1.91. The molecule has 0 aliphatic carbocycles. The molecule has 0 aromatic carbocycles. The van der Waals surface area contributed by atoms with E-state index in [9.17, 15) is 0 Å². The van der Waals surface area contributed by atoms with Crippen molar-refractivity contribution in [1.82, 2.24) is 9.97 Å². The molecule has 22 heavy (non-hydrogen) atoms. The quantitative estimate of drug-likeness (QED) is 0.743. The Hall–Kier alpha value is -2.14. The first-order valence-electron chi connectivity index (χ1n) is 7.39. The van der Waals surface area contributed by atoms with Crippen molar-refractivity contribution in [3.8, 4) is 0 Å². The lowest BCUT2D eigenvalue weighted by Crippen LogP contribution is -2.01. The fourth-order valence-corrected chi connectivity index (χ4v) is 3.28. The zero-order valence-electron chi connectivity index (χ0n) is 13.1. The molecule has 0 spiro atoms. The molecule has 3 N–H and O–H groups in total. The Morgan fingerprint density at radius 3 is 2.77 bits per heavy atom. The first-order valence-corrected chi connectivity index (χ1v) is 8.21. The van der Waals surface area contributed by atoms with Crippen LogP contribution in [0.5, 0.6) is 0 Å². The molecule has 3 rings (SSSR count). The molecule has 0 aliphatic heterocycles. The highest BCUT2D eigenvalue weighted by atomic mass is 32.1. The van der Waals surface area contributed by atoms with E-state index in [2.05, 4.69) is 42.1 Å². The maximum absolute atomic E-state index is 5.89. The predicted molar refractivity (Wildman–Crippen MR) is 94.8 cm³/mol. The average Bonchev–Trinajstić information content (AvgIpc) is 2.82. The zero-order valence-corrected chi connectivity index (χ0v) is 13.9. The van der Waals surface area contributed by atoms with Crippen LogP contribution in [0, 0.1) is 12.8 Å².